The number of nitriles is 1. The number of hydrogen-bond donors (Lipinski definition) is 0. The molecule has 3 nitrogen and oxygen atoms in total. The van der Waals surface area contributed by atoms with E-state index in [4.69, 9.17) is 5.26 Å². The van der Waals surface area contributed by atoms with E-state index in [-0.39, 0.29) is 11.1 Å². The largest absolute Gasteiger partial charge is 0.464 e. The molecule has 0 aromatic heterocycles. The van der Waals surface area contributed by atoms with Gasteiger partial charge in [-0.05, 0) is 24.6 Å². The first-order valence-electron chi connectivity index (χ1n) is 4.41. The summed E-state index contributed by atoms with van der Waals surface area (Å²) in [6.07, 6.45) is 0. The maximum absolute atomic E-state index is 13.5. The van der Waals surface area contributed by atoms with E-state index in [1.807, 2.05) is 0 Å². The van der Waals surface area contributed by atoms with E-state index in [9.17, 15) is 13.6 Å². The Morgan fingerprint density at radius 1 is 1.50 bits per heavy atom. The number of hydrogen-bond acceptors (Lipinski definition) is 3. The lowest BCUT2D eigenvalue weighted by Gasteiger charge is -2.16. The number of nitrogens with zero attached hydrogens (tertiary/aromatic N) is 1. The Morgan fingerprint density at radius 2 is 2.12 bits per heavy atom. The van der Waals surface area contributed by atoms with Crippen molar-refractivity contribution in [3.05, 3.63) is 34.9 Å². The standard InChI is InChI=1S/C11H9F2NO2/c1-7-3-4-8(6-14)5-9(7)11(12,13)10(15)16-2/h3-5H,1-2H3. The molecule has 1 aromatic carbocycles. The van der Waals surface area contributed by atoms with Crippen LogP contribution in [0.1, 0.15) is 16.7 Å². The highest BCUT2D eigenvalue weighted by Gasteiger charge is 2.43. The van der Waals surface area contributed by atoms with Crippen molar-refractivity contribution in [2.45, 2.75) is 12.8 Å². The Balaban J connectivity index is 3.32. The van der Waals surface area contributed by atoms with Crippen LogP contribution in [0.3, 0.4) is 0 Å². The molecule has 5 heteroatoms. The van der Waals surface area contributed by atoms with Crippen LogP contribution in [0, 0.1) is 18.3 Å². The quantitative estimate of drug-likeness (QED) is 0.724. The molecule has 0 heterocycles. The second kappa shape index (κ2) is 4.27. The van der Waals surface area contributed by atoms with Gasteiger partial charge in [-0.1, -0.05) is 6.07 Å². The number of aryl methyl sites for hydroxylation is 1. The van der Waals surface area contributed by atoms with Crippen molar-refractivity contribution in [2.75, 3.05) is 7.11 Å². The van der Waals surface area contributed by atoms with Crippen LogP contribution in [-0.2, 0) is 15.5 Å². The molecule has 0 bridgehead atoms. The predicted molar refractivity (Wildman–Crippen MR) is 51.8 cm³/mol. The van der Waals surface area contributed by atoms with Crippen LogP contribution in [0.5, 0.6) is 0 Å². The normalized spacial score (nSPS) is 10.7. The molecule has 0 saturated carbocycles. The first-order chi connectivity index (χ1) is 7.43. The summed E-state index contributed by atoms with van der Waals surface area (Å²) < 4.78 is 31.1. The predicted octanol–water partition coefficient (Wildman–Crippen LogP) is 2.13. The Kier molecular flexibility index (Phi) is 3.23. The number of esters is 1. The number of alkyl halides is 2. The van der Waals surface area contributed by atoms with E-state index in [0.29, 0.717) is 0 Å². The lowest BCUT2D eigenvalue weighted by Crippen LogP contribution is -2.28. The molecule has 0 aliphatic carbocycles. The van der Waals surface area contributed by atoms with E-state index in [1.165, 1.54) is 19.1 Å². The van der Waals surface area contributed by atoms with Gasteiger partial charge in [-0.15, -0.1) is 0 Å². The number of carbonyl (C=O) groups excluding carboxylic acids is 1. The highest BCUT2D eigenvalue weighted by molar-refractivity contribution is 5.79. The van der Waals surface area contributed by atoms with Gasteiger partial charge in [0.05, 0.1) is 18.7 Å². The molecule has 1 aromatic rings. The van der Waals surface area contributed by atoms with Gasteiger partial charge >= 0.3 is 11.9 Å². The third kappa shape index (κ3) is 2.01. The first-order valence-corrected chi connectivity index (χ1v) is 4.41. The fourth-order valence-electron chi connectivity index (χ4n) is 1.27. The van der Waals surface area contributed by atoms with Gasteiger partial charge in [0.15, 0.2) is 0 Å². The van der Waals surface area contributed by atoms with Gasteiger partial charge in [0.2, 0.25) is 0 Å². The van der Waals surface area contributed by atoms with Crippen molar-refractivity contribution in [1.82, 2.24) is 0 Å². The summed E-state index contributed by atoms with van der Waals surface area (Å²) in [5.74, 6) is -5.36. The van der Waals surface area contributed by atoms with E-state index >= 15 is 0 Å². The van der Waals surface area contributed by atoms with Crippen LogP contribution in [0.2, 0.25) is 0 Å². The van der Waals surface area contributed by atoms with E-state index in [1.54, 1.807) is 6.07 Å². The molecule has 84 valence electrons. The number of halogens is 2. The summed E-state index contributed by atoms with van der Waals surface area (Å²) in [6.45, 7) is 1.44. The second-order valence-corrected chi connectivity index (χ2v) is 3.21. The smallest absolute Gasteiger partial charge is 0.381 e. The lowest BCUT2D eigenvalue weighted by molar-refractivity contribution is -0.170. The Morgan fingerprint density at radius 3 is 2.62 bits per heavy atom. The van der Waals surface area contributed by atoms with E-state index in [0.717, 1.165) is 13.2 Å². The minimum Gasteiger partial charge on any atom is -0.464 e. The van der Waals surface area contributed by atoms with Gasteiger partial charge in [-0.3, -0.25) is 0 Å². The van der Waals surface area contributed by atoms with Gasteiger partial charge in [-0.2, -0.15) is 14.0 Å². The van der Waals surface area contributed by atoms with Gasteiger partial charge in [0.25, 0.3) is 0 Å². The lowest BCUT2D eigenvalue weighted by atomic mass is 10.00. The van der Waals surface area contributed by atoms with Crippen LogP contribution in [0.4, 0.5) is 8.78 Å². The molecule has 0 aliphatic heterocycles. The Labute approximate surface area is 91.3 Å². The average Bonchev–Trinajstić information content (AvgIpc) is 2.28. The zero-order valence-electron chi connectivity index (χ0n) is 8.75. The average molecular weight is 225 g/mol. The molecule has 1 rings (SSSR count). The maximum atomic E-state index is 13.5. The molecular formula is C11H9F2NO2. The van der Waals surface area contributed by atoms with Crippen molar-refractivity contribution in [3.8, 4) is 6.07 Å². The molecule has 0 unspecified atom stereocenters. The summed E-state index contributed by atoms with van der Waals surface area (Å²) in [7, 11) is 0.889. The SMILES string of the molecule is COC(=O)C(F)(F)c1cc(C#N)ccc1C. The zero-order valence-corrected chi connectivity index (χ0v) is 8.75. The van der Waals surface area contributed by atoms with Crippen LogP contribution in [0.25, 0.3) is 0 Å². The number of carbonyl (C=O) groups is 1. The fourth-order valence-corrected chi connectivity index (χ4v) is 1.27. The van der Waals surface area contributed by atoms with Gasteiger partial charge in [-0.25, -0.2) is 4.79 Å². The van der Waals surface area contributed by atoms with E-state index in [2.05, 4.69) is 4.74 Å². The van der Waals surface area contributed by atoms with Crippen molar-refractivity contribution in [2.24, 2.45) is 0 Å². The zero-order chi connectivity index (χ0) is 12.3. The molecule has 0 atom stereocenters. The van der Waals surface area contributed by atoms with Crippen molar-refractivity contribution < 1.29 is 18.3 Å². The minimum atomic E-state index is -3.73. The summed E-state index contributed by atoms with van der Waals surface area (Å²) in [5.41, 5.74) is -0.197. The third-order valence-electron chi connectivity index (χ3n) is 2.15. The number of rotatable bonds is 2. The number of benzene rings is 1. The summed E-state index contributed by atoms with van der Waals surface area (Å²) in [4.78, 5) is 10.9. The topological polar surface area (TPSA) is 50.1 Å². The second-order valence-electron chi connectivity index (χ2n) is 3.21. The summed E-state index contributed by atoms with van der Waals surface area (Å²) >= 11 is 0. The van der Waals surface area contributed by atoms with Gasteiger partial charge in [0.1, 0.15) is 0 Å². The monoisotopic (exact) mass is 225 g/mol. The fraction of sp³-hybridized carbons (Fsp3) is 0.273. The maximum Gasteiger partial charge on any atom is 0.381 e. The molecule has 0 amide bonds. The van der Waals surface area contributed by atoms with Gasteiger partial charge < -0.3 is 4.74 Å². The highest BCUT2D eigenvalue weighted by atomic mass is 19.3. The number of methoxy groups -OCH3 is 1. The van der Waals surface area contributed by atoms with Crippen LogP contribution in [0.15, 0.2) is 18.2 Å². The Hall–Kier alpha value is -1.96. The minimum absolute atomic E-state index is 0.0733. The van der Waals surface area contributed by atoms with Crippen molar-refractivity contribution >= 4 is 5.97 Å². The molecular weight excluding hydrogens is 216 g/mol. The van der Waals surface area contributed by atoms with Crippen LogP contribution in [-0.4, -0.2) is 13.1 Å². The molecule has 0 aliphatic rings. The molecule has 0 saturated heterocycles. The molecule has 0 fully saturated rings. The third-order valence-corrected chi connectivity index (χ3v) is 2.15. The molecule has 0 spiro atoms. The van der Waals surface area contributed by atoms with E-state index < -0.39 is 17.5 Å². The molecule has 16 heavy (non-hydrogen) atoms. The van der Waals surface area contributed by atoms with Gasteiger partial charge in [0, 0.05) is 5.56 Å². The number of ether oxygens (including phenoxy) is 1. The molecule has 0 N–H and O–H groups in total. The van der Waals surface area contributed by atoms with Crippen molar-refractivity contribution in [1.29, 1.82) is 5.26 Å². The van der Waals surface area contributed by atoms with Crippen LogP contribution >= 0.6 is 0 Å². The van der Waals surface area contributed by atoms with Crippen molar-refractivity contribution in [3.63, 3.8) is 0 Å². The first kappa shape index (κ1) is 12.1. The Bertz CT molecular complexity index is 464. The molecule has 0 radical (unpaired) electrons. The summed E-state index contributed by atoms with van der Waals surface area (Å²) in [6, 6.07) is 5.51. The summed E-state index contributed by atoms with van der Waals surface area (Å²) in [5, 5.41) is 8.60. The highest BCUT2D eigenvalue weighted by Crippen LogP contribution is 2.32. The van der Waals surface area contributed by atoms with Crippen LogP contribution < -0.4 is 0 Å².